The van der Waals surface area contributed by atoms with Crippen LogP contribution in [0.3, 0.4) is 0 Å². The minimum absolute atomic E-state index is 0.516. The first-order valence-electron chi connectivity index (χ1n) is 6.39. The van der Waals surface area contributed by atoms with Gasteiger partial charge in [-0.25, -0.2) is 0 Å². The van der Waals surface area contributed by atoms with E-state index in [-0.39, 0.29) is 0 Å². The molecule has 1 aliphatic rings. The number of aliphatic carboxylic acids is 1. The van der Waals surface area contributed by atoms with Crippen LogP contribution in [-0.2, 0) is 4.79 Å². The molecule has 1 unspecified atom stereocenters. The average molecular weight is 248 g/mol. The SMILES string of the molecule is CN1CCCN(C(C(=O)O)c2ccccc2)CC1. The summed E-state index contributed by atoms with van der Waals surface area (Å²) in [4.78, 5) is 15.9. The number of carbonyl (C=O) groups is 1. The van der Waals surface area contributed by atoms with Crippen LogP contribution >= 0.6 is 0 Å². The van der Waals surface area contributed by atoms with Crippen LogP contribution in [0, 0.1) is 0 Å². The largest absolute Gasteiger partial charge is 0.480 e. The third-order valence-corrected chi connectivity index (χ3v) is 3.47. The molecule has 0 radical (unpaired) electrons. The first-order chi connectivity index (χ1) is 8.68. The third-order valence-electron chi connectivity index (χ3n) is 3.47. The minimum Gasteiger partial charge on any atom is -0.480 e. The molecule has 0 aromatic heterocycles. The Hall–Kier alpha value is -1.39. The Morgan fingerprint density at radius 2 is 1.89 bits per heavy atom. The highest BCUT2D eigenvalue weighted by Gasteiger charge is 2.28. The predicted octanol–water partition coefficient (Wildman–Crippen LogP) is 1.45. The van der Waals surface area contributed by atoms with Crippen molar-refractivity contribution in [3.8, 4) is 0 Å². The highest BCUT2D eigenvalue weighted by atomic mass is 16.4. The van der Waals surface area contributed by atoms with E-state index in [2.05, 4.69) is 16.8 Å². The van der Waals surface area contributed by atoms with Gasteiger partial charge < -0.3 is 10.0 Å². The second-order valence-electron chi connectivity index (χ2n) is 4.84. The fourth-order valence-corrected chi connectivity index (χ4v) is 2.47. The summed E-state index contributed by atoms with van der Waals surface area (Å²) in [7, 11) is 2.09. The zero-order valence-electron chi connectivity index (χ0n) is 10.7. The number of carboxylic acids is 1. The van der Waals surface area contributed by atoms with Gasteiger partial charge in [0.05, 0.1) is 0 Å². The molecule has 1 aromatic rings. The molecule has 1 aliphatic heterocycles. The summed E-state index contributed by atoms with van der Waals surface area (Å²) in [5.41, 5.74) is 0.870. The lowest BCUT2D eigenvalue weighted by atomic mass is 10.1. The van der Waals surface area contributed by atoms with Gasteiger partial charge in [-0.05, 0) is 25.6 Å². The first kappa shape index (κ1) is 13.1. The Labute approximate surface area is 108 Å². The topological polar surface area (TPSA) is 43.8 Å². The molecule has 1 heterocycles. The average Bonchev–Trinajstić information content (AvgIpc) is 2.56. The smallest absolute Gasteiger partial charge is 0.325 e. The quantitative estimate of drug-likeness (QED) is 0.879. The van der Waals surface area contributed by atoms with Crippen LogP contribution in [0.15, 0.2) is 30.3 Å². The number of rotatable bonds is 3. The molecule has 1 aromatic carbocycles. The maximum Gasteiger partial charge on any atom is 0.325 e. The Balaban J connectivity index is 2.17. The molecule has 0 bridgehead atoms. The number of likely N-dealkylation sites (N-methyl/N-ethyl adjacent to an activating group) is 1. The molecule has 4 heteroatoms. The van der Waals surface area contributed by atoms with Crippen LogP contribution in [-0.4, -0.2) is 54.1 Å². The van der Waals surface area contributed by atoms with Crippen molar-refractivity contribution in [3.05, 3.63) is 35.9 Å². The van der Waals surface area contributed by atoms with E-state index in [1.807, 2.05) is 30.3 Å². The van der Waals surface area contributed by atoms with Gasteiger partial charge in [0.2, 0.25) is 0 Å². The van der Waals surface area contributed by atoms with Crippen molar-refractivity contribution in [1.29, 1.82) is 0 Å². The molecule has 0 spiro atoms. The molecule has 1 fully saturated rings. The molecule has 1 N–H and O–H groups in total. The molecule has 0 saturated carbocycles. The Morgan fingerprint density at radius 1 is 1.17 bits per heavy atom. The summed E-state index contributed by atoms with van der Waals surface area (Å²) < 4.78 is 0. The summed E-state index contributed by atoms with van der Waals surface area (Å²) in [6.07, 6.45) is 1.02. The van der Waals surface area contributed by atoms with Crippen LogP contribution in [0.2, 0.25) is 0 Å². The van der Waals surface area contributed by atoms with E-state index in [0.29, 0.717) is 0 Å². The van der Waals surface area contributed by atoms with E-state index in [4.69, 9.17) is 0 Å². The minimum atomic E-state index is -0.759. The van der Waals surface area contributed by atoms with Gasteiger partial charge in [-0.2, -0.15) is 0 Å². The van der Waals surface area contributed by atoms with Gasteiger partial charge in [0, 0.05) is 19.6 Å². The van der Waals surface area contributed by atoms with Crippen LogP contribution in [0.1, 0.15) is 18.0 Å². The van der Waals surface area contributed by atoms with E-state index in [1.54, 1.807) is 0 Å². The van der Waals surface area contributed by atoms with Gasteiger partial charge in [-0.15, -0.1) is 0 Å². The molecule has 1 atom stereocenters. The number of hydrogen-bond acceptors (Lipinski definition) is 3. The summed E-state index contributed by atoms with van der Waals surface area (Å²) >= 11 is 0. The summed E-state index contributed by atoms with van der Waals surface area (Å²) in [6, 6.07) is 8.99. The first-order valence-corrected chi connectivity index (χ1v) is 6.39. The number of hydrogen-bond donors (Lipinski definition) is 1. The molecular weight excluding hydrogens is 228 g/mol. The number of nitrogens with zero attached hydrogens (tertiary/aromatic N) is 2. The molecule has 1 saturated heterocycles. The number of carboxylic acid groups (broad SMARTS) is 1. The van der Waals surface area contributed by atoms with Crippen molar-refractivity contribution in [1.82, 2.24) is 9.80 Å². The molecule has 2 rings (SSSR count). The summed E-state index contributed by atoms with van der Waals surface area (Å²) in [6.45, 7) is 3.62. The Bertz CT molecular complexity index is 394. The molecule has 98 valence electrons. The highest BCUT2D eigenvalue weighted by Crippen LogP contribution is 2.22. The van der Waals surface area contributed by atoms with Crippen molar-refractivity contribution in [2.45, 2.75) is 12.5 Å². The second-order valence-corrected chi connectivity index (χ2v) is 4.84. The van der Waals surface area contributed by atoms with Crippen molar-refractivity contribution in [2.24, 2.45) is 0 Å². The van der Waals surface area contributed by atoms with Gasteiger partial charge >= 0.3 is 5.97 Å². The van der Waals surface area contributed by atoms with Crippen molar-refractivity contribution >= 4 is 5.97 Å². The van der Waals surface area contributed by atoms with E-state index < -0.39 is 12.0 Å². The fraction of sp³-hybridized carbons (Fsp3) is 0.500. The maximum absolute atomic E-state index is 11.5. The number of benzene rings is 1. The summed E-state index contributed by atoms with van der Waals surface area (Å²) in [5, 5.41) is 9.48. The van der Waals surface area contributed by atoms with E-state index in [9.17, 15) is 9.90 Å². The lowest BCUT2D eigenvalue weighted by Crippen LogP contribution is -2.36. The van der Waals surface area contributed by atoms with E-state index in [0.717, 1.165) is 38.2 Å². The van der Waals surface area contributed by atoms with Crippen LogP contribution < -0.4 is 0 Å². The zero-order chi connectivity index (χ0) is 13.0. The van der Waals surface area contributed by atoms with Crippen LogP contribution in [0.5, 0.6) is 0 Å². The van der Waals surface area contributed by atoms with Gasteiger partial charge in [-0.1, -0.05) is 30.3 Å². The maximum atomic E-state index is 11.5. The predicted molar refractivity (Wildman–Crippen MR) is 70.5 cm³/mol. The van der Waals surface area contributed by atoms with Crippen molar-refractivity contribution < 1.29 is 9.90 Å². The molecule has 0 aliphatic carbocycles. The van der Waals surface area contributed by atoms with Gasteiger partial charge in [0.15, 0.2) is 0 Å². The lowest BCUT2D eigenvalue weighted by Gasteiger charge is -2.27. The van der Waals surface area contributed by atoms with E-state index in [1.165, 1.54) is 0 Å². The lowest BCUT2D eigenvalue weighted by molar-refractivity contribution is -0.143. The molecular formula is C14H20N2O2. The van der Waals surface area contributed by atoms with Gasteiger partial charge in [0.1, 0.15) is 6.04 Å². The fourth-order valence-electron chi connectivity index (χ4n) is 2.47. The van der Waals surface area contributed by atoms with Crippen molar-refractivity contribution in [2.75, 3.05) is 33.2 Å². The summed E-state index contributed by atoms with van der Waals surface area (Å²) in [5.74, 6) is -0.759. The molecule has 18 heavy (non-hydrogen) atoms. The zero-order valence-corrected chi connectivity index (χ0v) is 10.7. The Kier molecular flexibility index (Phi) is 4.33. The normalized spacial score (nSPS) is 20.3. The second kappa shape index (κ2) is 5.98. The van der Waals surface area contributed by atoms with Crippen molar-refractivity contribution in [3.63, 3.8) is 0 Å². The Morgan fingerprint density at radius 3 is 2.56 bits per heavy atom. The van der Waals surface area contributed by atoms with Gasteiger partial charge in [-0.3, -0.25) is 9.69 Å². The van der Waals surface area contributed by atoms with E-state index >= 15 is 0 Å². The van der Waals surface area contributed by atoms with Crippen LogP contribution in [0.4, 0.5) is 0 Å². The monoisotopic (exact) mass is 248 g/mol. The van der Waals surface area contributed by atoms with Gasteiger partial charge in [0.25, 0.3) is 0 Å². The molecule has 0 amide bonds. The third kappa shape index (κ3) is 3.09. The highest BCUT2D eigenvalue weighted by molar-refractivity contribution is 5.75. The van der Waals surface area contributed by atoms with Crippen LogP contribution in [0.25, 0.3) is 0 Å². The molecule has 4 nitrogen and oxygen atoms in total. The standard InChI is InChI=1S/C14H20N2O2/c1-15-8-5-9-16(11-10-15)13(14(17)18)12-6-3-2-4-7-12/h2-4,6-7,13H,5,8-11H2,1H3,(H,17,18).